The van der Waals surface area contributed by atoms with E-state index in [0.29, 0.717) is 42.3 Å². The third-order valence-electron chi connectivity index (χ3n) is 4.40. The van der Waals surface area contributed by atoms with Gasteiger partial charge in [0.25, 0.3) is 5.91 Å². The SMILES string of the molecule is CCOc1c(OC)ccc2cc(C(=O)Nc3ccc(CNCCO)cc3)c(=O)oc12. The Hall–Kier alpha value is -3.36. The fourth-order valence-electron chi connectivity index (χ4n) is 2.96. The van der Waals surface area contributed by atoms with Crippen LogP contribution in [0.5, 0.6) is 11.5 Å². The first-order valence-corrected chi connectivity index (χ1v) is 9.57. The number of nitrogens with one attached hydrogen (secondary N) is 2. The summed E-state index contributed by atoms with van der Waals surface area (Å²) in [7, 11) is 1.50. The number of carbonyl (C=O) groups is 1. The first-order chi connectivity index (χ1) is 14.6. The molecule has 0 aliphatic heterocycles. The third kappa shape index (κ3) is 4.79. The number of rotatable bonds is 9. The fraction of sp³-hybridized carbons (Fsp3) is 0.273. The zero-order valence-electron chi connectivity index (χ0n) is 16.9. The molecule has 0 saturated heterocycles. The van der Waals surface area contributed by atoms with Gasteiger partial charge in [-0.2, -0.15) is 0 Å². The van der Waals surface area contributed by atoms with Crippen LogP contribution in [-0.4, -0.2) is 37.9 Å². The molecular weight excluding hydrogens is 388 g/mol. The van der Waals surface area contributed by atoms with Crippen molar-refractivity contribution in [3.63, 3.8) is 0 Å². The van der Waals surface area contributed by atoms with E-state index in [1.165, 1.54) is 13.2 Å². The topological polar surface area (TPSA) is 110 Å². The van der Waals surface area contributed by atoms with E-state index in [2.05, 4.69) is 10.6 Å². The van der Waals surface area contributed by atoms with Crippen LogP contribution in [0.4, 0.5) is 5.69 Å². The van der Waals surface area contributed by atoms with E-state index in [9.17, 15) is 9.59 Å². The largest absolute Gasteiger partial charge is 0.493 e. The highest BCUT2D eigenvalue weighted by Crippen LogP contribution is 2.35. The molecule has 8 nitrogen and oxygen atoms in total. The lowest BCUT2D eigenvalue weighted by molar-refractivity contribution is 0.102. The molecular formula is C22H24N2O6. The Morgan fingerprint density at radius 2 is 1.93 bits per heavy atom. The Morgan fingerprint density at radius 1 is 1.17 bits per heavy atom. The molecule has 158 valence electrons. The molecule has 8 heteroatoms. The Morgan fingerprint density at radius 3 is 2.60 bits per heavy atom. The normalized spacial score (nSPS) is 10.8. The van der Waals surface area contributed by atoms with Gasteiger partial charge >= 0.3 is 5.63 Å². The Labute approximate surface area is 173 Å². The van der Waals surface area contributed by atoms with E-state index in [1.807, 2.05) is 19.1 Å². The molecule has 0 aliphatic rings. The van der Waals surface area contributed by atoms with Gasteiger partial charge < -0.3 is 29.6 Å². The van der Waals surface area contributed by atoms with Crippen molar-refractivity contribution in [1.29, 1.82) is 0 Å². The van der Waals surface area contributed by atoms with Crippen LogP contribution in [-0.2, 0) is 6.54 Å². The van der Waals surface area contributed by atoms with Crippen molar-refractivity contribution in [3.8, 4) is 11.5 Å². The number of fused-ring (bicyclic) bond motifs is 1. The maximum Gasteiger partial charge on any atom is 0.349 e. The predicted octanol–water partition coefficient (Wildman–Crippen LogP) is 2.53. The van der Waals surface area contributed by atoms with Crippen LogP contribution in [0.25, 0.3) is 11.0 Å². The molecule has 0 unspecified atom stereocenters. The number of amides is 1. The van der Waals surface area contributed by atoms with Gasteiger partial charge in [-0.1, -0.05) is 12.1 Å². The molecule has 0 atom stereocenters. The molecule has 1 aromatic heterocycles. The van der Waals surface area contributed by atoms with Gasteiger partial charge in [-0.15, -0.1) is 0 Å². The number of carbonyl (C=O) groups excluding carboxylic acids is 1. The van der Waals surface area contributed by atoms with Crippen LogP contribution in [0.15, 0.2) is 51.7 Å². The molecule has 0 radical (unpaired) electrons. The average molecular weight is 412 g/mol. The maximum atomic E-state index is 12.6. The zero-order valence-corrected chi connectivity index (χ0v) is 16.9. The second kappa shape index (κ2) is 9.91. The minimum Gasteiger partial charge on any atom is -0.493 e. The van der Waals surface area contributed by atoms with E-state index in [-0.39, 0.29) is 17.8 Å². The molecule has 0 spiro atoms. The van der Waals surface area contributed by atoms with Gasteiger partial charge in [-0.3, -0.25) is 4.79 Å². The molecule has 1 amide bonds. The number of methoxy groups -OCH3 is 1. The monoisotopic (exact) mass is 412 g/mol. The summed E-state index contributed by atoms with van der Waals surface area (Å²) in [5.41, 5.74) is 0.916. The molecule has 0 aliphatic carbocycles. The van der Waals surface area contributed by atoms with Crippen molar-refractivity contribution in [2.24, 2.45) is 0 Å². The molecule has 3 N–H and O–H groups in total. The fourth-order valence-corrected chi connectivity index (χ4v) is 2.96. The number of hydrogen-bond acceptors (Lipinski definition) is 7. The number of aliphatic hydroxyl groups is 1. The van der Waals surface area contributed by atoms with Crippen LogP contribution in [0.1, 0.15) is 22.8 Å². The Kier molecular flexibility index (Phi) is 7.05. The van der Waals surface area contributed by atoms with Crippen LogP contribution >= 0.6 is 0 Å². The molecule has 3 rings (SSSR count). The van der Waals surface area contributed by atoms with Crippen LogP contribution in [0.3, 0.4) is 0 Å². The van der Waals surface area contributed by atoms with Gasteiger partial charge in [0.05, 0.1) is 20.3 Å². The number of anilines is 1. The lowest BCUT2D eigenvalue weighted by atomic mass is 10.1. The van der Waals surface area contributed by atoms with Crippen molar-refractivity contribution in [1.82, 2.24) is 5.32 Å². The summed E-state index contributed by atoms with van der Waals surface area (Å²) in [5, 5.41) is 15.1. The van der Waals surface area contributed by atoms with Crippen LogP contribution in [0.2, 0.25) is 0 Å². The molecule has 30 heavy (non-hydrogen) atoms. The van der Waals surface area contributed by atoms with Gasteiger partial charge in [0.2, 0.25) is 5.75 Å². The summed E-state index contributed by atoms with van der Waals surface area (Å²) in [4.78, 5) is 25.1. The molecule has 2 aromatic carbocycles. The summed E-state index contributed by atoms with van der Waals surface area (Å²) in [6.07, 6.45) is 0. The second-order valence-corrected chi connectivity index (χ2v) is 6.45. The van der Waals surface area contributed by atoms with Crippen molar-refractivity contribution >= 4 is 22.6 Å². The van der Waals surface area contributed by atoms with Gasteiger partial charge in [-0.25, -0.2) is 4.79 Å². The standard InChI is InChI=1S/C22H24N2O6/c1-3-29-20-18(28-2)9-6-15-12-17(22(27)30-19(15)20)21(26)24-16-7-4-14(5-8-16)13-23-10-11-25/h4-9,12,23,25H,3,10-11,13H2,1-2H3,(H,24,26). The number of ether oxygens (including phenoxy) is 2. The van der Waals surface area contributed by atoms with Crippen molar-refractivity contribution in [2.45, 2.75) is 13.5 Å². The molecule has 0 saturated carbocycles. The number of hydrogen-bond donors (Lipinski definition) is 3. The highest BCUT2D eigenvalue weighted by Gasteiger charge is 2.18. The van der Waals surface area contributed by atoms with Gasteiger partial charge in [0, 0.05) is 24.2 Å². The third-order valence-corrected chi connectivity index (χ3v) is 4.40. The summed E-state index contributed by atoms with van der Waals surface area (Å²) in [6, 6.07) is 12.1. The van der Waals surface area contributed by atoms with Crippen LogP contribution in [0, 0.1) is 0 Å². The minimum absolute atomic E-state index is 0.0708. The van der Waals surface area contributed by atoms with E-state index < -0.39 is 11.5 Å². The number of aliphatic hydroxyl groups excluding tert-OH is 1. The zero-order chi connectivity index (χ0) is 21.5. The van der Waals surface area contributed by atoms with Crippen LogP contribution < -0.4 is 25.7 Å². The van der Waals surface area contributed by atoms with Crippen molar-refractivity contribution in [3.05, 3.63) is 64.0 Å². The van der Waals surface area contributed by atoms with Gasteiger partial charge in [-0.05, 0) is 42.8 Å². The first-order valence-electron chi connectivity index (χ1n) is 9.57. The second-order valence-electron chi connectivity index (χ2n) is 6.45. The minimum atomic E-state index is -0.765. The maximum absolute atomic E-state index is 12.6. The lowest BCUT2D eigenvalue weighted by Crippen LogP contribution is -2.21. The van der Waals surface area contributed by atoms with Gasteiger partial charge in [0.1, 0.15) is 5.56 Å². The van der Waals surface area contributed by atoms with E-state index >= 15 is 0 Å². The van der Waals surface area contributed by atoms with E-state index in [0.717, 1.165) is 5.56 Å². The van der Waals surface area contributed by atoms with E-state index in [1.54, 1.807) is 24.3 Å². The summed E-state index contributed by atoms with van der Waals surface area (Å²) in [6.45, 7) is 3.36. The smallest absolute Gasteiger partial charge is 0.349 e. The predicted molar refractivity (Wildman–Crippen MR) is 113 cm³/mol. The highest BCUT2D eigenvalue weighted by molar-refractivity contribution is 6.05. The summed E-state index contributed by atoms with van der Waals surface area (Å²) >= 11 is 0. The summed E-state index contributed by atoms with van der Waals surface area (Å²) < 4.78 is 16.2. The van der Waals surface area contributed by atoms with E-state index in [4.69, 9.17) is 19.0 Å². The van der Waals surface area contributed by atoms with Crippen molar-refractivity contribution < 1.29 is 23.8 Å². The Bertz CT molecular complexity index is 1080. The first kappa shape index (κ1) is 21.4. The average Bonchev–Trinajstić information content (AvgIpc) is 2.75. The molecule has 3 aromatic rings. The summed E-state index contributed by atoms with van der Waals surface area (Å²) in [5.74, 6) is 0.204. The molecule has 0 bridgehead atoms. The lowest BCUT2D eigenvalue weighted by Gasteiger charge is -2.12. The van der Waals surface area contributed by atoms with Crippen molar-refractivity contribution in [2.75, 3.05) is 32.2 Å². The molecule has 0 fully saturated rings. The van der Waals surface area contributed by atoms with Gasteiger partial charge in [0.15, 0.2) is 11.3 Å². The molecule has 1 heterocycles. The Balaban J connectivity index is 1.83. The highest BCUT2D eigenvalue weighted by atomic mass is 16.5. The quantitative estimate of drug-likeness (QED) is 0.366. The number of benzene rings is 2.